The quantitative estimate of drug-likeness (QED) is 0.740. The second kappa shape index (κ2) is 7.56. The summed E-state index contributed by atoms with van der Waals surface area (Å²) in [5, 5.41) is 7.39. The van der Waals surface area contributed by atoms with Crippen molar-refractivity contribution in [2.24, 2.45) is 0 Å². The normalized spacial score (nSPS) is 13.5. The van der Waals surface area contributed by atoms with E-state index in [1.807, 2.05) is 43.3 Å². The van der Waals surface area contributed by atoms with Crippen LogP contribution in [0.2, 0.25) is 0 Å². The summed E-state index contributed by atoms with van der Waals surface area (Å²) in [6.45, 7) is 3.36. The van der Waals surface area contributed by atoms with Gasteiger partial charge in [0, 0.05) is 17.3 Å². The summed E-state index contributed by atoms with van der Waals surface area (Å²) < 4.78 is 6.71. The highest BCUT2D eigenvalue weighted by molar-refractivity contribution is 6.04. The molecule has 0 unspecified atom stereocenters. The molecule has 1 saturated heterocycles. The third kappa shape index (κ3) is 3.73. The van der Waals surface area contributed by atoms with Crippen LogP contribution >= 0.6 is 0 Å². The van der Waals surface area contributed by atoms with Crippen LogP contribution in [0.5, 0.6) is 0 Å². The Morgan fingerprint density at radius 2 is 1.89 bits per heavy atom. The molecule has 0 bridgehead atoms. The first-order chi connectivity index (χ1) is 13.6. The van der Waals surface area contributed by atoms with Gasteiger partial charge in [-0.15, -0.1) is 0 Å². The Kier molecular flexibility index (Phi) is 4.80. The number of ether oxygens (including phenoxy) is 1. The molecule has 142 valence electrons. The van der Waals surface area contributed by atoms with Crippen LogP contribution in [-0.4, -0.2) is 34.9 Å². The topological polar surface area (TPSA) is 76.5 Å². The maximum Gasteiger partial charge on any atom is 0.414 e. The molecule has 0 aliphatic carbocycles. The first-order valence-electron chi connectivity index (χ1n) is 9.04. The molecule has 1 aliphatic rings. The molecule has 7 heteroatoms. The standard InChI is InChI=1S/C21H20N4O3/c1-15-13-19(25(23-15)14-16-5-3-2-4-6-16)22-20(26)17-7-9-18(10-8-17)24-11-12-28-21(24)27/h2-10,13H,11-12,14H2,1H3,(H,22,26). The predicted molar refractivity (Wildman–Crippen MR) is 106 cm³/mol. The second-order valence-corrected chi connectivity index (χ2v) is 6.58. The molecule has 0 spiro atoms. The highest BCUT2D eigenvalue weighted by Crippen LogP contribution is 2.20. The lowest BCUT2D eigenvalue weighted by Crippen LogP contribution is -2.23. The minimum absolute atomic E-state index is 0.232. The van der Waals surface area contributed by atoms with Gasteiger partial charge in [0.1, 0.15) is 12.4 Å². The third-order valence-electron chi connectivity index (χ3n) is 4.52. The van der Waals surface area contributed by atoms with Gasteiger partial charge in [-0.25, -0.2) is 9.48 Å². The summed E-state index contributed by atoms with van der Waals surface area (Å²) in [7, 11) is 0. The second-order valence-electron chi connectivity index (χ2n) is 6.58. The van der Waals surface area contributed by atoms with Gasteiger partial charge in [0.05, 0.1) is 18.8 Å². The average Bonchev–Trinajstić information content (AvgIpc) is 3.28. The number of carbonyl (C=O) groups is 2. The Balaban J connectivity index is 1.48. The zero-order valence-corrected chi connectivity index (χ0v) is 15.5. The maximum atomic E-state index is 12.7. The van der Waals surface area contributed by atoms with Crippen molar-refractivity contribution in [3.8, 4) is 0 Å². The van der Waals surface area contributed by atoms with Gasteiger partial charge in [0.2, 0.25) is 0 Å². The number of nitrogens with one attached hydrogen (secondary N) is 1. The average molecular weight is 376 g/mol. The van der Waals surface area contributed by atoms with E-state index in [4.69, 9.17) is 4.74 Å². The van der Waals surface area contributed by atoms with Crippen LogP contribution in [0.4, 0.5) is 16.3 Å². The molecule has 3 aromatic rings. The number of amides is 2. The summed E-state index contributed by atoms with van der Waals surface area (Å²) in [6, 6.07) is 18.7. The van der Waals surface area contributed by atoms with Crippen LogP contribution in [-0.2, 0) is 11.3 Å². The molecule has 2 amide bonds. The van der Waals surface area contributed by atoms with Crippen LogP contribution in [0.15, 0.2) is 60.7 Å². The van der Waals surface area contributed by atoms with Gasteiger partial charge < -0.3 is 10.1 Å². The molecule has 1 aliphatic heterocycles. The van der Waals surface area contributed by atoms with Gasteiger partial charge in [-0.1, -0.05) is 30.3 Å². The number of rotatable bonds is 5. The van der Waals surface area contributed by atoms with Gasteiger partial charge >= 0.3 is 6.09 Å². The lowest BCUT2D eigenvalue weighted by molar-refractivity contribution is 0.102. The summed E-state index contributed by atoms with van der Waals surface area (Å²) in [5.41, 5.74) is 3.14. The van der Waals surface area contributed by atoms with Crippen molar-refractivity contribution in [1.29, 1.82) is 0 Å². The molecular weight excluding hydrogens is 356 g/mol. The van der Waals surface area contributed by atoms with Gasteiger partial charge in [0.25, 0.3) is 5.91 Å². The minimum atomic E-state index is -0.363. The third-order valence-corrected chi connectivity index (χ3v) is 4.52. The SMILES string of the molecule is Cc1cc(NC(=O)c2ccc(N3CCOC3=O)cc2)n(Cc2ccccc2)n1. The van der Waals surface area contributed by atoms with Crippen LogP contribution in [0.3, 0.4) is 0 Å². The lowest BCUT2D eigenvalue weighted by Gasteiger charge is -2.13. The van der Waals surface area contributed by atoms with E-state index in [2.05, 4.69) is 10.4 Å². The van der Waals surface area contributed by atoms with E-state index in [9.17, 15) is 9.59 Å². The first kappa shape index (κ1) is 17.8. The molecule has 7 nitrogen and oxygen atoms in total. The van der Waals surface area contributed by atoms with Crippen molar-refractivity contribution >= 4 is 23.5 Å². The molecule has 4 rings (SSSR count). The number of aryl methyl sites for hydroxylation is 1. The number of hydrogen-bond donors (Lipinski definition) is 1. The molecule has 0 atom stereocenters. The largest absolute Gasteiger partial charge is 0.447 e. The van der Waals surface area contributed by atoms with Crippen molar-refractivity contribution in [2.75, 3.05) is 23.4 Å². The molecule has 2 heterocycles. The van der Waals surface area contributed by atoms with E-state index in [0.29, 0.717) is 36.8 Å². The molecular formula is C21H20N4O3. The Morgan fingerprint density at radius 1 is 1.14 bits per heavy atom. The maximum absolute atomic E-state index is 12.7. The monoisotopic (exact) mass is 376 g/mol. The van der Waals surface area contributed by atoms with Crippen LogP contribution < -0.4 is 10.2 Å². The van der Waals surface area contributed by atoms with Crippen molar-refractivity contribution in [2.45, 2.75) is 13.5 Å². The Labute approximate surface area is 162 Å². The van der Waals surface area contributed by atoms with E-state index < -0.39 is 0 Å². The predicted octanol–water partition coefficient (Wildman–Crippen LogP) is 3.45. The number of carbonyl (C=O) groups excluding carboxylic acids is 2. The van der Waals surface area contributed by atoms with Crippen LogP contribution in [0.25, 0.3) is 0 Å². The fourth-order valence-corrected chi connectivity index (χ4v) is 3.13. The minimum Gasteiger partial charge on any atom is -0.447 e. The summed E-state index contributed by atoms with van der Waals surface area (Å²) >= 11 is 0. The number of benzene rings is 2. The van der Waals surface area contributed by atoms with E-state index in [1.54, 1.807) is 33.8 Å². The van der Waals surface area contributed by atoms with Gasteiger partial charge in [-0.2, -0.15) is 5.10 Å². The molecule has 0 radical (unpaired) electrons. The van der Waals surface area contributed by atoms with Crippen molar-refractivity contribution < 1.29 is 14.3 Å². The fourth-order valence-electron chi connectivity index (χ4n) is 3.13. The number of nitrogens with zero attached hydrogens (tertiary/aromatic N) is 3. The molecule has 1 aromatic heterocycles. The van der Waals surface area contributed by atoms with Crippen molar-refractivity contribution in [3.63, 3.8) is 0 Å². The zero-order chi connectivity index (χ0) is 19.5. The first-order valence-corrected chi connectivity index (χ1v) is 9.04. The zero-order valence-electron chi connectivity index (χ0n) is 15.5. The number of aromatic nitrogens is 2. The smallest absolute Gasteiger partial charge is 0.414 e. The van der Waals surface area contributed by atoms with Crippen LogP contribution in [0.1, 0.15) is 21.6 Å². The van der Waals surface area contributed by atoms with Crippen LogP contribution in [0, 0.1) is 6.92 Å². The molecule has 1 fully saturated rings. The summed E-state index contributed by atoms with van der Waals surface area (Å²) in [5.74, 6) is 0.406. The van der Waals surface area contributed by atoms with Gasteiger partial charge in [-0.05, 0) is 36.8 Å². The molecule has 1 N–H and O–H groups in total. The van der Waals surface area contributed by atoms with Crippen molar-refractivity contribution in [3.05, 3.63) is 77.5 Å². The van der Waals surface area contributed by atoms with Gasteiger partial charge in [0.15, 0.2) is 0 Å². The Bertz CT molecular complexity index is 996. The highest BCUT2D eigenvalue weighted by atomic mass is 16.6. The summed E-state index contributed by atoms with van der Waals surface area (Å²) in [6.07, 6.45) is -0.363. The fraction of sp³-hybridized carbons (Fsp3) is 0.190. The number of hydrogen-bond acceptors (Lipinski definition) is 4. The Morgan fingerprint density at radius 3 is 2.57 bits per heavy atom. The van der Waals surface area contributed by atoms with E-state index in [0.717, 1.165) is 11.3 Å². The van der Waals surface area contributed by atoms with Crippen molar-refractivity contribution in [1.82, 2.24) is 9.78 Å². The highest BCUT2D eigenvalue weighted by Gasteiger charge is 2.23. The Hall–Kier alpha value is -3.61. The number of cyclic esters (lactones) is 1. The van der Waals surface area contributed by atoms with E-state index in [-0.39, 0.29) is 12.0 Å². The molecule has 28 heavy (non-hydrogen) atoms. The molecule has 0 saturated carbocycles. The van der Waals surface area contributed by atoms with E-state index >= 15 is 0 Å². The van der Waals surface area contributed by atoms with E-state index in [1.165, 1.54) is 0 Å². The number of anilines is 2. The molecule has 2 aromatic carbocycles. The summed E-state index contributed by atoms with van der Waals surface area (Å²) in [4.78, 5) is 25.8. The lowest BCUT2D eigenvalue weighted by atomic mass is 10.2. The van der Waals surface area contributed by atoms with Gasteiger partial charge in [-0.3, -0.25) is 9.69 Å².